The van der Waals surface area contributed by atoms with Crippen LogP contribution in [0.1, 0.15) is 23.8 Å². The number of pyridine rings is 1. The Hall–Kier alpha value is -3.11. The first-order valence-electron chi connectivity index (χ1n) is 12.2. The Kier molecular flexibility index (Phi) is 10.4. The molecule has 0 aliphatic carbocycles. The molecule has 8 N–H and O–H groups in total. The number of rotatable bonds is 12. The Labute approximate surface area is 247 Å². The van der Waals surface area contributed by atoms with Crippen LogP contribution < -0.4 is 11.1 Å². The van der Waals surface area contributed by atoms with Crippen molar-refractivity contribution in [2.45, 2.75) is 31.4 Å². The van der Waals surface area contributed by atoms with Gasteiger partial charge in [-0.15, -0.1) is 0 Å². The lowest BCUT2D eigenvalue weighted by Crippen LogP contribution is -2.26. The third-order valence-electron chi connectivity index (χ3n) is 5.88. The number of imidazole rings is 1. The van der Waals surface area contributed by atoms with E-state index in [4.69, 9.17) is 20.3 Å². The molecule has 0 spiro atoms. The van der Waals surface area contributed by atoms with Gasteiger partial charge < -0.3 is 40.5 Å². The number of hydrogen-bond acceptors (Lipinski definition) is 14. The summed E-state index contributed by atoms with van der Waals surface area (Å²) in [7, 11) is -16.7. The van der Waals surface area contributed by atoms with Crippen molar-refractivity contribution in [1.29, 1.82) is 0 Å². The molecule has 1 aliphatic heterocycles. The Bertz CT molecular complexity index is 1750. The zero-order valence-electron chi connectivity index (χ0n) is 22.1. The zero-order chi connectivity index (χ0) is 32.3. The summed E-state index contributed by atoms with van der Waals surface area (Å²) < 4.78 is 53.3. The topological polar surface area (TPSA) is 301 Å². The molecule has 2 unspecified atom stereocenters. The fraction of sp³-hybridized carbons (Fsp3) is 0.333. The minimum Gasteiger partial charge on any atom is -0.390 e. The highest BCUT2D eigenvalue weighted by molar-refractivity contribution is 7.66. The smallest absolute Gasteiger partial charge is 0.390 e. The summed E-state index contributed by atoms with van der Waals surface area (Å²) >= 11 is 0. The van der Waals surface area contributed by atoms with Crippen molar-refractivity contribution in [1.82, 2.24) is 14.5 Å². The number of anilines is 1. The van der Waals surface area contributed by atoms with Gasteiger partial charge in [0.05, 0.1) is 36.2 Å². The third kappa shape index (κ3) is 8.75. The van der Waals surface area contributed by atoms with Crippen molar-refractivity contribution >= 4 is 46.0 Å². The average Bonchev–Trinajstić information content (AvgIpc) is 3.51. The van der Waals surface area contributed by atoms with Gasteiger partial charge in [0.1, 0.15) is 17.8 Å². The lowest BCUT2D eigenvalue weighted by Gasteiger charge is -2.19. The summed E-state index contributed by atoms with van der Waals surface area (Å²) in [6, 6.07) is 6.15. The molecule has 0 radical (unpaired) electrons. The number of nitro groups is 1. The fourth-order valence-electron chi connectivity index (χ4n) is 4.10. The average molecular weight is 678 g/mol. The number of nitrogens with one attached hydrogen (secondary N) is 1. The number of fused-ring (bicyclic) bond motifs is 1. The van der Waals surface area contributed by atoms with Gasteiger partial charge in [-0.25, -0.2) is 23.7 Å². The van der Waals surface area contributed by atoms with E-state index in [1.165, 1.54) is 23.2 Å². The third-order valence-corrected chi connectivity index (χ3v) is 9.68. The van der Waals surface area contributed by atoms with Crippen molar-refractivity contribution < 1.29 is 61.2 Å². The highest BCUT2D eigenvalue weighted by atomic mass is 31.3. The normalized spacial score (nSPS) is 21.3. The molecule has 1 aliphatic rings. The van der Waals surface area contributed by atoms with E-state index < -0.39 is 53.4 Å². The minimum atomic E-state index is -5.71. The molecule has 23 heteroatoms. The van der Waals surface area contributed by atoms with Gasteiger partial charge in [0.25, 0.3) is 5.69 Å². The molecular weight excluding hydrogens is 653 g/mol. The molecule has 0 bridgehead atoms. The van der Waals surface area contributed by atoms with Crippen LogP contribution in [-0.2, 0) is 38.1 Å². The quantitative estimate of drug-likeness (QED) is 0.0613. The van der Waals surface area contributed by atoms with Gasteiger partial charge in [0, 0.05) is 36.4 Å². The number of nitro benzene ring substituents is 1. The first kappa shape index (κ1) is 33.8. The maximum absolute atomic E-state index is 12.0. The predicted octanol–water partition coefficient (Wildman–Crippen LogP) is 1.25. The van der Waals surface area contributed by atoms with E-state index >= 15 is 0 Å². The van der Waals surface area contributed by atoms with Gasteiger partial charge in [-0.05, 0) is 18.2 Å². The molecule has 3 aromatic rings. The lowest BCUT2D eigenvalue weighted by molar-refractivity contribution is -0.385. The summed E-state index contributed by atoms with van der Waals surface area (Å²) in [5, 5.41) is 25.2. The number of aliphatic hydroxyl groups is 1. The molecule has 3 heterocycles. The van der Waals surface area contributed by atoms with E-state index in [-0.39, 0.29) is 25.2 Å². The molecule has 238 valence electrons. The standard InChI is InChI=1S/C21H25N6O14P3/c22-6-1-2-13-3-4-14(16(8-13)27(29)30)10-24-15-5-7-23-21-20(15)25-12-26(21)19-9-17(28)18(39-19)11-38-43(34,35)41-44(36,37)40-42(31,32)33/h3-5,7-8,12,17-19,28H,6,9-11,22H2,(H,23,24)(H,34,35)(H,36,37)(H2,31,32,33)/t17-,18-,19-/m1/s1. The van der Waals surface area contributed by atoms with E-state index in [9.17, 15) is 38.7 Å². The number of benzene rings is 1. The molecule has 44 heavy (non-hydrogen) atoms. The summed E-state index contributed by atoms with van der Waals surface area (Å²) in [5.74, 6) is 5.39. The maximum atomic E-state index is 12.0. The van der Waals surface area contributed by atoms with Gasteiger partial charge in [-0.1, -0.05) is 11.8 Å². The van der Waals surface area contributed by atoms with Crippen molar-refractivity contribution in [3.05, 3.63) is 58.0 Å². The minimum absolute atomic E-state index is 0.0498. The summed E-state index contributed by atoms with van der Waals surface area (Å²) in [5.41, 5.74) is 7.15. The fourth-order valence-corrected chi connectivity index (χ4v) is 7.13. The van der Waals surface area contributed by atoms with Crippen molar-refractivity contribution in [2.75, 3.05) is 18.5 Å². The summed E-state index contributed by atoms with van der Waals surface area (Å²) in [6.45, 7) is -0.687. The van der Waals surface area contributed by atoms with Gasteiger partial charge in [-0.2, -0.15) is 8.62 Å². The maximum Gasteiger partial charge on any atom is 0.490 e. The Morgan fingerprint density at radius 3 is 2.59 bits per heavy atom. The number of ether oxygens (including phenoxy) is 1. The van der Waals surface area contributed by atoms with Crippen LogP contribution in [0.25, 0.3) is 11.2 Å². The Balaban J connectivity index is 1.44. The number of nitrogens with zero attached hydrogens (tertiary/aromatic N) is 4. The van der Waals surface area contributed by atoms with Crippen LogP contribution in [0.5, 0.6) is 0 Å². The number of aromatic nitrogens is 3. The molecule has 1 aromatic carbocycles. The van der Waals surface area contributed by atoms with Gasteiger partial charge >= 0.3 is 23.5 Å². The van der Waals surface area contributed by atoms with Gasteiger partial charge in [0.2, 0.25) is 0 Å². The molecule has 20 nitrogen and oxygen atoms in total. The van der Waals surface area contributed by atoms with Gasteiger partial charge in [0.15, 0.2) is 5.65 Å². The van der Waals surface area contributed by atoms with Crippen LogP contribution in [0.15, 0.2) is 36.8 Å². The van der Waals surface area contributed by atoms with Crippen molar-refractivity contribution in [3.63, 3.8) is 0 Å². The molecule has 5 atom stereocenters. The van der Waals surface area contributed by atoms with Crippen LogP contribution in [0.3, 0.4) is 0 Å². The Morgan fingerprint density at radius 2 is 1.91 bits per heavy atom. The first-order valence-corrected chi connectivity index (χ1v) is 16.7. The van der Waals surface area contributed by atoms with Crippen molar-refractivity contribution in [3.8, 4) is 11.8 Å². The molecule has 1 saturated heterocycles. The number of phosphoric acid groups is 3. The highest BCUT2D eigenvalue weighted by Crippen LogP contribution is 2.66. The monoisotopic (exact) mass is 678 g/mol. The number of hydrogen-bond donors (Lipinski definition) is 7. The molecule has 2 aromatic heterocycles. The largest absolute Gasteiger partial charge is 0.490 e. The number of phosphoric ester groups is 1. The Morgan fingerprint density at radius 1 is 1.16 bits per heavy atom. The van der Waals surface area contributed by atoms with E-state index in [1.54, 1.807) is 18.2 Å². The zero-order valence-corrected chi connectivity index (χ0v) is 24.8. The molecule has 4 rings (SSSR count). The molecule has 0 saturated carbocycles. The van der Waals surface area contributed by atoms with Crippen molar-refractivity contribution in [2.24, 2.45) is 5.73 Å². The van der Waals surface area contributed by atoms with E-state index in [2.05, 4.69) is 40.3 Å². The van der Waals surface area contributed by atoms with Crippen LogP contribution in [0.4, 0.5) is 11.4 Å². The second kappa shape index (κ2) is 13.5. The number of nitrogens with two attached hydrogens (primary N) is 1. The van der Waals surface area contributed by atoms with E-state index in [0.29, 0.717) is 28.0 Å². The van der Waals surface area contributed by atoms with Gasteiger partial charge in [-0.3, -0.25) is 19.2 Å². The second-order valence-electron chi connectivity index (χ2n) is 8.96. The lowest BCUT2D eigenvalue weighted by atomic mass is 10.1. The van der Waals surface area contributed by atoms with Crippen LogP contribution >= 0.6 is 23.5 Å². The van der Waals surface area contributed by atoms with Crippen LogP contribution in [0, 0.1) is 22.0 Å². The molecule has 0 amide bonds. The predicted molar refractivity (Wildman–Crippen MR) is 148 cm³/mol. The first-order chi connectivity index (χ1) is 20.6. The summed E-state index contributed by atoms with van der Waals surface area (Å²) in [6.07, 6.45) is -0.707. The van der Waals surface area contributed by atoms with Crippen LogP contribution in [-0.4, -0.2) is 69.5 Å². The second-order valence-corrected chi connectivity index (χ2v) is 13.4. The number of aliphatic hydroxyl groups excluding tert-OH is 1. The summed E-state index contributed by atoms with van der Waals surface area (Å²) in [4.78, 5) is 55.9. The van der Waals surface area contributed by atoms with E-state index in [1.807, 2.05) is 0 Å². The SMILES string of the molecule is NCC#Cc1ccc(CNc2ccnc3c2ncn3[C@H]2C[C@@H](O)[C@@H](COP(=O)(O)OP(=O)(O)OP(=O)(O)O)O2)c([N+](=O)[O-])c1. The molecule has 1 fully saturated rings. The molecular formula is C21H25N6O14P3. The highest BCUT2D eigenvalue weighted by Gasteiger charge is 2.43. The van der Waals surface area contributed by atoms with Crippen LogP contribution in [0.2, 0.25) is 0 Å². The van der Waals surface area contributed by atoms with E-state index in [0.717, 1.165) is 0 Å².